The number of hydrogen-bond donors (Lipinski definition) is 0. The fourth-order valence-electron chi connectivity index (χ4n) is 3.68. The number of hydrogen-bond acceptors (Lipinski definition) is 12. The molecule has 0 fully saturated rings. The van der Waals surface area contributed by atoms with Crippen molar-refractivity contribution in [1.29, 1.82) is 5.26 Å². The van der Waals surface area contributed by atoms with E-state index in [0.717, 1.165) is 6.54 Å². The Labute approximate surface area is 503 Å². The van der Waals surface area contributed by atoms with Gasteiger partial charge in [-0.15, -0.1) is 11.6 Å². The molecule has 0 saturated heterocycles. The monoisotopic (exact) mass is 1180 g/mol. The molecular weight excluding hydrogens is 1070 g/mol. The van der Waals surface area contributed by atoms with E-state index in [2.05, 4.69) is 31.6 Å². The molecule has 1 atom stereocenters. The molecule has 0 aliphatic carbocycles. The minimum absolute atomic E-state index is 0.0208. The SMILES string of the molecule is C/C=C/C(=O)C(C)C.C=C(C#N)C(=O)C(C)C.C=C(F)C(=O)C(C)C.C=CC(=O)C(C)C.CC#CC(=O)C(C)C.CC(C)C(=O)/C=C/CN(C)C.CC(C)C(=O)/C=C/Cl.CC(C)C(=O)C(C)Cl.CCC(=O)C(C)C.CCC(=O)C(C)C. The van der Waals surface area contributed by atoms with Gasteiger partial charge in [-0.3, -0.25) is 47.9 Å². The fraction of sp³-hybridized carbons (Fsp3) is 0.621. The van der Waals surface area contributed by atoms with Gasteiger partial charge in [0.1, 0.15) is 17.6 Å². The smallest absolute Gasteiger partial charge is 0.207 e. The van der Waals surface area contributed by atoms with Gasteiger partial charge < -0.3 is 4.90 Å². The summed E-state index contributed by atoms with van der Waals surface area (Å²) in [6.07, 6.45) is 11.0. The van der Waals surface area contributed by atoms with Crippen molar-refractivity contribution in [3.8, 4) is 17.9 Å². The third-order valence-corrected chi connectivity index (χ3v) is 9.60. The van der Waals surface area contributed by atoms with Gasteiger partial charge in [-0.1, -0.05) is 202 Å². The normalized spacial score (nSPS) is 10.3. The molecule has 466 valence electrons. The standard InChI is InChI=1S/C9H17NO.C7H9NO.C7H12O.C7H10O.C6H9ClO.C6H11ClO.C6H9FO.2C6H12O.C6H10O/c1-8(2)9(11)6-5-7-10(3)4;1-5(2)7(9)6(3)4-8;2*1-4-5-7(8)6(2)3;1-5(2)6(8)3-4-7;2*1-4(2)6(8)5(3)7;3*1-4-6(7)5(2)3/h5-6,8H,7H2,1-4H3;5H,3H2,1-2H3;4-6H,1-3H3;6H,1-3H3;3-5H,1-2H3;4-5H,1-3H3;4H,3H2,1-2H3;2*5H,4H2,1-3H3;4-5H,1H2,2-3H3/b6-5+;;5-4+;;4-3+;;;;;. The van der Waals surface area contributed by atoms with Gasteiger partial charge >= 0.3 is 0 Å². The Bertz CT molecular complexity index is 1970. The molecular formula is C66H111Cl2FN2O10. The van der Waals surface area contributed by atoms with Crippen molar-refractivity contribution in [3.05, 3.63) is 73.1 Å². The van der Waals surface area contributed by atoms with E-state index in [1.807, 2.05) is 157 Å². The van der Waals surface area contributed by atoms with Crippen molar-refractivity contribution in [2.45, 2.75) is 191 Å². The number of Topliss-reactive ketones (excluding diaryl/α,β-unsaturated/α-hetero) is 6. The molecule has 0 aliphatic heterocycles. The second-order valence-corrected chi connectivity index (χ2v) is 21.8. The van der Waals surface area contributed by atoms with Crippen molar-refractivity contribution in [1.82, 2.24) is 4.90 Å². The molecule has 0 aromatic rings. The summed E-state index contributed by atoms with van der Waals surface area (Å²) in [6, 6.07) is 1.70. The van der Waals surface area contributed by atoms with Crippen LogP contribution >= 0.6 is 23.2 Å². The predicted molar refractivity (Wildman–Crippen MR) is 340 cm³/mol. The lowest BCUT2D eigenvalue weighted by molar-refractivity contribution is -0.122. The number of likely N-dealkylation sites (N-methyl/N-ethyl adjacent to an activating group) is 1. The van der Waals surface area contributed by atoms with Crippen molar-refractivity contribution < 1.29 is 52.3 Å². The first kappa shape index (κ1) is 97.8. The van der Waals surface area contributed by atoms with Gasteiger partial charge in [-0.2, -0.15) is 5.26 Å². The zero-order valence-corrected chi connectivity index (χ0v) is 56.8. The number of halogens is 3. The highest BCUT2D eigenvalue weighted by Gasteiger charge is 2.13. The van der Waals surface area contributed by atoms with Crippen LogP contribution in [-0.4, -0.2) is 88.7 Å². The Kier molecular flexibility index (Phi) is 77.1. The Morgan fingerprint density at radius 3 is 0.988 bits per heavy atom. The topological polar surface area (TPSA) is 198 Å². The summed E-state index contributed by atoms with van der Waals surface area (Å²) in [5.74, 6) is 5.53. The molecule has 12 nitrogen and oxygen atoms in total. The van der Waals surface area contributed by atoms with Gasteiger partial charge in [0.15, 0.2) is 46.3 Å². The first-order valence-electron chi connectivity index (χ1n) is 27.5. The summed E-state index contributed by atoms with van der Waals surface area (Å²) < 4.78 is 11.8. The van der Waals surface area contributed by atoms with E-state index in [1.54, 1.807) is 65.8 Å². The number of carbonyl (C=O) groups excluding carboxylic acids is 10. The van der Waals surface area contributed by atoms with Crippen LogP contribution in [0.25, 0.3) is 0 Å². The van der Waals surface area contributed by atoms with E-state index in [9.17, 15) is 52.3 Å². The number of carbonyl (C=O) groups is 10. The third-order valence-electron chi connectivity index (χ3n) is 9.26. The summed E-state index contributed by atoms with van der Waals surface area (Å²) in [6.45, 7) is 56.1. The van der Waals surface area contributed by atoms with Gasteiger partial charge in [0.25, 0.3) is 0 Å². The van der Waals surface area contributed by atoms with E-state index in [1.165, 1.54) is 17.7 Å². The lowest BCUT2D eigenvalue weighted by Gasteiger charge is -2.03. The highest BCUT2D eigenvalue weighted by molar-refractivity contribution is 6.31. The zero-order valence-electron chi connectivity index (χ0n) is 55.2. The molecule has 0 saturated carbocycles. The Balaban J connectivity index is -0.0000000867. The summed E-state index contributed by atoms with van der Waals surface area (Å²) in [5.41, 5.74) is 1.28. The van der Waals surface area contributed by atoms with Crippen LogP contribution in [0.2, 0.25) is 0 Å². The largest absolute Gasteiger partial charge is 0.306 e. The number of nitrogens with zero attached hydrogens (tertiary/aromatic N) is 2. The predicted octanol–water partition coefficient (Wildman–Crippen LogP) is 15.8. The number of nitriles is 1. The maximum absolute atomic E-state index is 11.8. The number of alkyl halides is 1. The molecule has 0 amide bonds. The number of ketones is 10. The maximum atomic E-state index is 11.8. The molecule has 81 heavy (non-hydrogen) atoms. The van der Waals surface area contributed by atoms with Crippen molar-refractivity contribution in [3.63, 3.8) is 0 Å². The van der Waals surface area contributed by atoms with Crippen LogP contribution in [0.4, 0.5) is 4.39 Å². The van der Waals surface area contributed by atoms with E-state index in [0.29, 0.717) is 24.4 Å². The lowest BCUT2D eigenvalue weighted by atomic mass is 10.0. The molecule has 0 aromatic heterocycles. The first-order valence-corrected chi connectivity index (χ1v) is 28.4. The van der Waals surface area contributed by atoms with Crippen molar-refractivity contribution in [2.75, 3.05) is 20.6 Å². The molecule has 0 rings (SSSR count). The Hall–Kier alpha value is -5.34. The highest BCUT2D eigenvalue weighted by atomic mass is 35.5. The second kappa shape index (κ2) is 63.8. The summed E-state index contributed by atoms with van der Waals surface area (Å²) in [5, 5.41) is 7.86. The molecule has 0 aliphatic rings. The van der Waals surface area contributed by atoms with Crippen LogP contribution in [0.15, 0.2) is 73.1 Å². The van der Waals surface area contributed by atoms with Gasteiger partial charge in [-0.05, 0) is 65.1 Å². The van der Waals surface area contributed by atoms with Gasteiger partial charge in [0, 0.05) is 84.1 Å². The van der Waals surface area contributed by atoms with Crippen LogP contribution in [0.3, 0.4) is 0 Å². The number of allylic oxidation sites excluding steroid dienone is 7. The van der Waals surface area contributed by atoms with E-state index in [-0.39, 0.29) is 111 Å². The quantitative estimate of drug-likeness (QED) is 0.0347. The fourth-order valence-corrected chi connectivity index (χ4v) is 4.06. The number of rotatable bonds is 21. The van der Waals surface area contributed by atoms with Crippen LogP contribution in [0.1, 0.15) is 186 Å². The summed E-state index contributed by atoms with van der Waals surface area (Å²) in [4.78, 5) is 108. The molecule has 0 bridgehead atoms. The average Bonchev–Trinajstić information content (AvgIpc) is 3.38. The Morgan fingerprint density at radius 1 is 0.543 bits per heavy atom. The average molecular weight is 1180 g/mol. The molecule has 1 unspecified atom stereocenters. The zero-order chi connectivity index (χ0) is 67.0. The minimum atomic E-state index is -0.847. The van der Waals surface area contributed by atoms with Crippen molar-refractivity contribution in [2.24, 2.45) is 59.2 Å². The van der Waals surface area contributed by atoms with Crippen LogP contribution < -0.4 is 0 Å². The molecule has 0 aromatic carbocycles. The lowest BCUT2D eigenvalue weighted by Crippen LogP contribution is -2.16. The van der Waals surface area contributed by atoms with E-state index < -0.39 is 11.6 Å². The van der Waals surface area contributed by atoms with Crippen LogP contribution in [-0.2, 0) is 47.9 Å². The van der Waals surface area contributed by atoms with Gasteiger partial charge in [-0.25, -0.2) is 4.39 Å². The van der Waals surface area contributed by atoms with Gasteiger partial charge in [0.2, 0.25) is 5.78 Å². The molecule has 0 radical (unpaired) electrons. The van der Waals surface area contributed by atoms with Crippen LogP contribution in [0, 0.1) is 82.4 Å². The van der Waals surface area contributed by atoms with Crippen LogP contribution in [0.5, 0.6) is 0 Å². The maximum Gasteiger partial charge on any atom is 0.207 e. The van der Waals surface area contributed by atoms with Gasteiger partial charge in [0.05, 0.1) is 11.0 Å². The minimum Gasteiger partial charge on any atom is -0.306 e. The highest BCUT2D eigenvalue weighted by Crippen LogP contribution is 2.05. The summed E-state index contributed by atoms with van der Waals surface area (Å²) >= 11 is 10.6. The summed E-state index contributed by atoms with van der Waals surface area (Å²) in [7, 11) is 3.95. The molecule has 0 N–H and O–H groups in total. The second-order valence-electron chi connectivity index (χ2n) is 20.9. The molecule has 0 spiro atoms. The van der Waals surface area contributed by atoms with E-state index >= 15 is 0 Å². The van der Waals surface area contributed by atoms with E-state index in [4.69, 9.17) is 28.5 Å². The third kappa shape index (κ3) is 81.2. The van der Waals surface area contributed by atoms with Crippen molar-refractivity contribution >= 4 is 81.0 Å². The Morgan fingerprint density at radius 2 is 0.889 bits per heavy atom. The molecule has 15 heteroatoms. The molecule has 0 heterocycles. The first-order chi connectivity index (χ1) is 36.8.